The number of aryl methyl sites for hydroxylation is 2. The van der Waals surface area contributed by atoms with E-state index in [-0.39, 0.29) is 0 Å². The van der Waals surface area contributed by atoms with E-state index < -0.39 is 0 Å². The van der Waals surface area contributed by atoms with Crippen LogP contribution in [0.3, 0.4) is 0 Å². The molecule has 0 radical (unpaired) electrons. The Kier molecular flexibility index (Phi) is 17.2. The quantitative estimate of drug-likeness (QED) is 0.137. The van der Waals surface area contributed by atoms with Crippen LogP contribution < -0.4 is 0 Å². The molecule has 125 heavy (non-hydrogen) atoms. The zero-order valence-corrected chi connectivity index (χ0v) is 68.0. The fourth-order valence-electron chi connectivity index (χ4n) is 18.8. The number of fused-ring (bicyclic) bond motifs is 27. The summed E-state index contributed by atoms with van der Waals surface area (Å²) in [7, 11) is 0. The van der Waals surface area contributed by atoms with Gasteiger partial charge in [-0.15, -0.1) is 0 Å². The molecule has 0 fully saturated rings. The van der Waals surface area contributed by atoms with Crippen molar-refractivity contribution in [1.82, 2.24) is 29.9 Å². The number of nitrogens with zero attached hydrogens (tertiary/aromatic N) is 6. The van der Waals surface area contributed by atoms with Gasteiger partial charge in [-0.2, -0.15) is 0 Å². The third-order valence-corrected chi connectivity index (χ3v) is 25.0. The molecule has 26 rings (SSSR count). The maximum absolute atomic E-state index is 6.36. The second kappa shape index (κ2) is 29.7. The van der Waals surface area contributed by atoms with Gasteiger partial charge >= 0.3 is 0 Å². The first-order valence-electron chi connectivity index (χ1n) is 42.3. The maximum atomic E-state index is 6.36. The Hall–Kier alpha value is -16.6. The number of rotatable bonds is 8. The van der Waals surface area contributed by atoms with E-state index in [9.17, 15) is 0 Å². The Morgan fingerprint density at radius 2 is 0.416 bits per heavy atom. The predicted molar refractivity (Wildman–Crippen MR) is 518 cm³/mol. The highest BCUT2D eigenvalue weighted by Gasteiger charge is 2.22. The van der Waals surface area contributed by atoms with Gasteiger partial charge in [0.2, 0.25) is 0 Å². The van der Waals surface area contributed by atoms with Gasteiger partial charge in [-0.1, -0.05) is 334 Å². The molecule has 584 valence electrons. The van der Waals surface area contributed by atoms with E-state index in [0.717, 1.165) is 226 Å². The van der Waals surface area contributed by atoms with Gasteiger partial charge in [0.1, 0.15) is 33.5 Å². The highest BCUT2D eigenvalue weighted by molar-refractivity contribution is 6.27. The molecule has 0 unspecified atom stereocenters. The molecule has 9 heteroatoms. The van der Waals surface area contributed by atoms with Crippen LogP contribution in [-0.2, 0) is 0 Å². The molecule has 0 spiro atoms. The van der Waals surface area contributed by atoms with E-state index in [4.69, 9.17) is 43.2 Å². The van der Waals surface area contributed by atoms with E-state index in [2.05, 4.69) is 315 Å². The lowest BCUT2D eigenvalue weighted by molar-refractivity contribution is 0.669. The highest BCUT2D eigenvalue weighted by Crippen LogP contribution is 2.46. The summed E-state index contributed by atoms with van der Waals surface area (Å²) in [6.45, 7) is 4.06. The predicted octanol–water partition coefficient (Wildman–Crippen LogP) is 31.5. The van der Waals surface area contributed by atoms with Crippen LogP contribution in [-0.4, -0.2) is 29.9 Å². The van der Waals surface area contributed by atoms with E-state index in [1.165, 1.54) is 37.9 Å². The Morgan fingerprint density at radius 1 is 0.168 bits per heavy atom. The minimum atomic E-state index is 0.876. The summed E-state index contributed by atoms with van der Waals surface area (Å²) in [5.74, 6) is 0. The number of hydrogen-bond donors (Lipinski definition) is 0. The number of para-hydroxylation sites is 6. The molecule has 20 aromatic carbocycles. The van der Waals surface area contributed by atoms with Crippen molar-refractivity contribution in [1.29, 1.82) is 0 Å². The number of benzene rings is 20. The minimum Gasteiger partial charge on any atom is -0.455 e. The van der Waals surface area contributed by atoms with Crippen molar-refractivity contribution in [2.75, 3.05) is 0 Å². The lowest BCUT2D eigenvalue weighted by Crippen LogP contribution is -1.96. The van der Waals surface area contributed by atoms with Gasteiger partial charge in [0, 0.05) is 92.5 Å². The fourth-order valence-corrected chi connectivity index (χ4v) is 18.8. The average molecular weight is 1600 g/mol. The molecule has 0 aliphatic carbocycles. The maximum Gasteiger partial charge on any atom is 0.143 e. The summed E-state index contributed by atoms with van der Waals surface area (Å²) in [5, 5.41) is 20.6. The van der Waals surface area contributed by atoms with Gasteiger partial charge in [-0.05, 0) is 151 Å². The summed E-state index contributed by atoms with van der Waals surface area (Å²) in [4.78, 5) is 30.1. The zero-order valence-electron chi connectivity index (χ0n) is 68.0. The smallest absolute Gasteiger partial charge is 0.143 e. The van der Waals surface area contributed by atoms with Crippen LogP contribution >= 0.6 is 0 Å². The largest absolute Gasteiger partial charge is 0.455 e. The van der Waals surface area contributed by atoms with E-state index >= 15 is 0 Å². The molecule has 0 saturated carbocycles. The third kappa shape index (κ3) is 12.4. The van der Waals surface area contributed by atoms with Crippen molar-refractivity contribution in [3.05, 3.63) is 412 Å². The molecular formula is C116H72N6O3. The number of hydrogen-bond acceptors (Lipinski definition) is 9. The molecule has 6 heterocycles. The van der Waals surface area contributed by atoms with Crippen molar-refractivity contribution >= 4 is 164 Å². The third-order valence-electron chi connectivity index (χ3n) is 25.0. The van der Waals surface area contributed by atoms with Crippen LogP contribution in [0.1, 0.15) is 11.4 Å². The molecular weight excluding hydrogens is 1530 g/mol. The van der Waals surface area contributed by atoms with Crippen LogP contribution in [0.2, 0.25) is 0 Å². The molecule has 0 aliphatic heterocycles. The van der Waals surface area contributed by atoms with Gasteiger partial charge in [-0.3, -0.25) is 9.97 Å². The molecule has 0 aliphatic rings. The Labute approximate surface area is 717 Å². The molecule has 0 atom stereocenters. The summed E-state index contributed by atoms with van der Waals surface area (Å²) >= 11 is 0. The lowest BCUT2D eigenvalue weighted by atomic mass is 9.94. The van der Waals surface area contributed by atoms with Crippen LogP contribution in [0.25, 0.3) is 253 Å². The Balaban J connectivity index is 0.000000105. The van der Waals surface area contributed by atoms with Gasteiger partial charge in [-0.25, -0.2) is 19.9 Å². The standard InChI is InChI=1S/2C40H24N2O.C36H24N2O/c1-2-10-25(11-3-1)36-24-41-38-33-21-20-27(23-35(33)30-14-4-5-16-32(30)39(38)42-36)26-12-8-13-28(22-26)29-17-9-18-34-31-15-6-7-19-37(31)43-40(29)34;1-2-10-25(11-3-1)36-24-41-38-32-16-5-4-14-30(32)35-23-27(20-21-33(35)39(38)42-36)26-12-8-13-28(22-26)29-17-9-18-34-31-15-6-7-19-37(31)43-40(29)34;1-21-22(2)38-35-30-18-17-24(20-32(30)27-11-3-4-13-29(27)34(35)37-21)23-9-7-10-25(19-23)26-14-8-15-31-28-12-5-6-16-33(28)39-36(26)31/h2*1-24H;3-20H,1-2H3. The Morgan fingerprint density at radius 3 is 0.768 bits per heavy atom. The topological polar surface area (TPSA) is 117 Å². The van der Waals surface area contributed by atoms with Crippen molar-refractivity contribution in [3.8, 4) is 89.3 Å². The second-order valence-electron chi connectivity index (χ2n) is 32.2. The minimum absolute atomic E-state index is 0.876. The summed E-state index contributed by atoms with van der Waals surface area (Å²) < 4.78 is 19.0. The summed E-state index contributed by atoms with van der Waals surface area (Å²) in [6, 6.07) is 136. The molecule has 0 N–H and O–H groups in total. The molecule has 26 aromatic rings. The van der Waals surface area contributed by atoms with Crippen molar-refractivity contribution < 1.29 is 13.3 Å². The average Bonchev–Trinajstić information content (AvgIpc) is 1.56. The molecule has 0 amide bonds. The van der Waals surface area contributed by atoms with E-state index in [1.54, 1.807) is 0 Å². The van der Waals surface area contributed by atoms with Gasteiger partial charge in [0.15, 0.2) is 0 Å². The molecule has 0 bridgehead atoms. The zero-order chi connectivity index (χ0) is 82.7. The summed E-state index contributed by atoms with van der Waals surface area (Å²) in [5.41, 5.74) is 30.6. The molecule has 6 aromatic heterocycles. The van der Waals surface area contributed by atoms with E-state index in [0.29, 0.717) is 0 Å². The van der Waals surface area contributed by atoms with E-state index in [1.807, 2.05) is 99.0 Å². The normalized spacial score (nSPS) is 11.8. The number of furan rings is 3. The lowest BCUT2D eigenvalue weighted by Gasteiger charge is -2.13. The first-order chi connectivity index (χ1) is 61.8. The van der Waals surface area contributed by atoms with Crippen molar-refractivity contribution in [2.24, 2.45) is 0 Å². The summed E-state index contributed by atoms with van der Waals surface area (Å²) in [6.07, 6.45) is 3.78. The van der Waals surface area contributed by atoms with Gasteiger partial charge < -0.3 is 13.3 Å². The SMILES string of the molecule is Cc1nc2c3ccccc3c3cc(-c4cccc(-c5cccc6c5oc5ccccc56)c4)ccc3c2nc1C.c1ccc(-c2cnc3c4ccc(-c5cccc(-c6cccc7c6oc6ccccc67)c5)cc4c4ccccc4c3n2)cc1.c1ccc(-c2cnc3c4ccccc4c4cc(-c5cccc(-c6cccc7c6oc6ccccc67)c5)ccc4c3n2)cc1. The molecule has 9 nitrogen and oxygen atoms in total. The van der Waals surface area contributed by atoms with Crippen LogP contribution in [0.5, 0.6) is 0 Å². The highest BCUT2D eigenvalue weighted by atomic mass is 16.3. The van der Waals surface area contributed by atoms with Crippen molar-refractivity contribution in [3.63, 3.8) is 0 Å². The second-order valence-corrected chi connectivity index (χ2v) is 32.2. The number of aromatic nitrogens is 6. The van der Waals surface area contributed by atoms with Crippen LogP contribution in [0.4, 0.5) is 0 Å². The van der Waals surface area contributed by atoms with Gasteiger partial charge in [0.25, 0.3) is 0 Å². The molecule has 0 saturated heterocycles. The fraction of sp³-hybridized carbons (Fsp3) is 0.0172. The first kappa shape index (κ1) is 72.4. The van der Waals surface area contributed by atoms with Gasteiger partial charge in [0.05, 0.1) is 68.3 Å². The van der Waals surface area contributed by atoms with Crippen LogP contribution in [0.15, 0.2) is 414 Å². The van der Waals surface area contributed by atoms with Crippen molar-refractivity contribution in [2.45, 2.75) is 13.8 Å². The monoisotopic (exact) mass is 1600 g/mol. The first-order valence-corrected chi connectivity index (χ1v) is 42.3. The van der Waals surface area contributed by atoms with Crippen LogP contribution in [0, 0.1) is 13.8 Å². The Bertz CT molecular complexity index is 8900.